The minimum atomic E-state index is -0.238. The first kappa shape index (κ1) is 12.7. The van der Waals surface area contributed by atoms with Gasteiger partial charge < -0.3 is 15.6 Å². The van der Waals surface area contributed by atoms with Gasteiger partial charge in [-0.15, -0.1) is 0 Å². The van der Waals surface area contributed by atoms with Crippen molar-refractivity contribution in [3.05, 3.63) is 59.1 Å². The molecule has 2 aromatic carbocycles. The maximum Gasteiger partial charge on any atom is 0.119 e. The molecule has 0 aliphatic carbocycles. The van der Waals surface area contributed by atoms with Crippen LogP contribution in [-0.2, 0) is 0 Å². The number of nitrogens with two attached hydrogens (primary N) is 1. The molecule has 0 amide bonds. The summed E-state index contributed by atoms with van der Waals surface area (Å²) in [5.74, 6) is 0.881. The lowest BCUT2D eigenvalue weighted by atomic mass is 10.1. The summed E-state index contributed by atoms with van der Waals surface area (Å²) < 4.78 is 5.54. The van der Waals surface area contributed by atoms with Crippen LogP contribution in [0.1, 0.15) is 11.6 Å². The highest BCUT2D eigenvalue weighted by Crippen LogP contribution is 2.19. The highest BCUT2D eigenvalue weighted by Gasteiger charge is 2.07. The van der Waals surface area contributed by atoms with Crippen LogP contribution in [0.5, 0.6) is 11.5 Å². The molecule has 0 saturated heterocycles. The van der Waals surface area contributed by atoms with Crippen molar-refractivity contribution in [3.63, 3.8) is 0 Å². The van der Waals surface area contributed by atoms with E-state index in [1.807, 2.05) is 18.2 Å². The molecular formula is C14H14ClNO2. The van der Waals surface area contributed by atoms with Gasteiger partial charge in [0, 0.05) is 5.02 Å². The van der Waals surface area contributed by atoms with Gasteiger partial charge in [0.15, 0.2) is 0 Å². The summed E-state index contributed by atoms with van der Waals surface area (Å²) in [7, 11) is 0. The lowest BCUT2D eigenvalue weighted by Crippen LogP contribution is -2.18. The van der Waals surface area contributed by atoms with E-state index < -0.39 is 0 Å². The van der Waals surface area contributed by atoms with Gasteiger partial charge in [-0.25, -0.2) is 0 Å². The molecule has 3 N–H and O–H groups in total. The Morgan fingerprint density at radius 3 is 2.56 bits per heavy atom. The number of hydrogen-bond donors (Lipinski definition) is 2. The quantitative estimate of drug-likeness (QED) is 0.891. The molecule has 4 heteroatoms. The zero-order valence-corrected chi connectivity index (χ0v) is 10.5. The average molecular weight is 264 g/mol. The monoisotopic (exact) mass is 263 g/mol. The fourth-order valence-corrected chi connectivity index (χ4v) is 1.76. The molecular weight excluding hydrogens is 250 g/mol. The third kappa shape index (κ3) is 3.39. The minimum Gasteiger partial charge on any atom is -0.508 e. The topological polar surface area (TPSA) is 55.5 Å². The number of aromatic hydroxyl groups is 1. The smallest absolute Gasteiger partial charge is 0.119 e. The summed E-state index contributed by atoms with van der Waals surface area (Å²) >= 11 is 5.90. The fraction of sp³-hybridized carbons (Fsp3) is 0.143. The molecule has 94 valence electrons. The molecule has 0 spiro atoms. The van der Waals surface area contributed by atoms with Gasteiger partial charge >= 0.3 is 0 Å². The third-order valence-corrected chi connectivity index (χ3v) is 2.78. The summed E-state index contributed by atoms with van der Waals surface area (Å²) in [6.45, 7) is 0.352. The van der Waals surface area contributed by atoms with Crippen molar-refractivity contribution in [3.8, 4) is 11.5 Å². The Morgan fingerprint density at radius 2 is 1.89 bits per heavy atom. The second-order valence-electron chi connectivity index (χ2n) is 3.97. The van der Waals surface area contributed by atoms with Crippen molar-refractivity contribution in [2.75, 3.05) is 6.61 Å². The summed E-state index contributed by atoms with van der Waals surface area (Å²) in [4.78, 5) is 0. The summed E-state index contributed by atoms with van der Waals surface area (Å²) in [5, 5.41) is 9.81. The molecule has 1 atom stereocenters. The number of halogens is 1. The largest absolute Gasteiger partial charge is 0.508 e. The van der Waals surface area contributed by atoms with Gasteiger partial charge in [0.25, 0.3) is 0 Å². The molecule has 1 unspecified atom stereocenters. The summed E-state index contributed by atoms with van der Waals surface area (Å²) in [5.41, 5.74) is 6.94. The molecule has 0 heterocycles. The van der Waals surface area contributed by atoms with Crippen molar-refractivity contribution >= 4 is 11.6 Å². The van der Waals surface area contributed by atoms with Crippen molar-refractivity contribution in [2.45, 2.75) is 6.04 Å². The molecule has 0 aliphatic rings. The number of rotatable bonds is 4. The molecule has 18 heavy (non-hydrogen) atoms. The van der Waals surface area contributed by atoms with Gasteiger partial charge in [-0.3, -0.25) is 0 Å². The van der Waals surface area contributed by atoms with Crippen molar-refractivity contribution in [1.82, 2.24) is 0 Å². The average Bonchev–Trinajstić information content (AvgIpc) is 2.38. The van der Waals surface area contributed by atoms with Gasteiger partial charge in [-0.05, 0) is 42.0 Å². The first-order valence-electron chi connectivity index (χ1n) is 5.58. The Bertz CT molecular complexity index is 513. The van der Waals surface area contributed by atoms with Crippen molar-refractivity contribution < 1.29 is 9.84 Å². The van der Waals surface area contributed by atoms with Crippen LogP contribution in [0.15, 0.2) is 48.5 Å². The number of phenolic OH excluding ortho intramolecular Hbond substituents is 1. The normalized spacial score (nSPS) is 12.1. The van der Waals surface area contributed by atoms with E-state index in [-0.39, 0.29) is 11.8 Å². The predicted octanol–water partition coefficient (Wildman–Crippen LogP) is 3.12. The van der Waals surface area contributed by atoms with Crippen LogP contribution < -0.4 is 10.5 Å². The Balaban J connectivity index is 1.96. The molecule has 0 saturated carbocycles. The summed E-state index contributed by atoms with van der Waals surface area (Å²) in [6, 6.07) is 13.7. The predicted molar refractivity (Wildman–Crippen MR) is 72.0 cm³/mol. The molecule has 0 aliphatic heterocycles. The summed E-state index contributed by atoms with van der Waals surface area (Å²) in [6.07, 6.45) is 0. The van der Waals surface area contributed by atoms with Gasteiger partial charge in [-0.1, -0.05) is 23.7 Å². The first-order chi connectivity index (χ1) is 8.65. The van der Waals surface area contributed by atoms with Crippen LogP contribution in [0.2, 0.25) is 5.02 Å². The standard InChI is InChI=1S/C14H14ClNO2/c15-11-3-1-2-10(8-11)14(16)9-18-13-6-4-12(17)5-7-13/h1-8,14,17H,9,16H2. The van der Waals surface area contributed by atoms with Gasteiger partial charge in [-0.2, -0.15) is 0 Å². The van der Waals surface area contributed by atoms with E-state index in [1.165, 1.54) is 0 Å². The van der Waals surface area contributed by atoms with Gasteiger partial charge in [0.1, 0.15) is 18.1 Å². The van der Waals surface area contributed by atoms with Gasteiger partial charge in [0.2, 0.25) is 0 Å². The van der Waals surface area contributed by atoms with E-state index in [0.29, 0.717) is 17.4 Å². The molecule has 0 radical (unpaired) electrons. The Labute approximate surface area is 111 Å². The maximum atomic E-state index is 9.15. The second-order valence-corrected chi connectivity index (χ2v) is 4.40. The lowest BCUT2D eigenvalue weighted by Gasteiger charge is -2.13. The minimum absolute atomic E-state index is 0.210. The lowest BCUT2D eigenvalue weighted by molar-refractivity contribution is 0.290. The van der Waals surface area contributed by atoms with Crippen molar-refractivity contribution in [2.24, 2.45) is 5.73 Å². The highest BCUT2D eigenvalue weighted by atomic mass is 35.5. The highest BCUT2D eigenvalue weighted by molar-refractivity contribution is 6.30. The second kappa shape index (κ2) is 5.76. The number of hydrogen-bond acceptors (Lipinski definition) is 3. The number of ether oxygens (including phenoxy) is 1. The van der Waals surface area contributed by atoms with Gasteiger partial charge in [0.05, 0.1) is 6.04 Å². The first-order valence-corrected chi connectivity index (χ1v) is 5.96. The fourth-order valence-electron chi connectivity index (χ4n) is 1.56. The Hall–Kier alpha value is -1.71. The van der Waals surface area contributed by atoms with Crippen LogP contribution in [0.25, 0.3) is 0 Å². The van der Waals surface area contributed by atoms with E-state index in [0.717, 1.165) is 5.56 Å². The Morgan fingerprint density at radius 1 is 1.17 bits per heavy atom. The molecule has 0 aromatic heterocycles. The van der Waals surface area contributed by atoms with Crippen LogP contribution in [-0.4, -0.2) is 11.7 Å². The van der Waals surface area contributed by atoms with E-state index in [4.69, 9.17) is 27.2 Å². The molecule has 3 nitrogen and oxygen atoms in total. The molecule has 2 aromatic rings. The van der Waals surface area contributed by atoms with E-state index in [9.17, 15) is 0 Å². The third-order valence-electron chi connectivity index (χ3n) is 2.54. The van der Waals surface area contributed by atoms with E-state index >= 15 is 0 Å². The van der Waals surface area contributed by atoms with E-state index in [2.05, 4.69) is 0 Å². The van der Waals surface area contributed by atoms with Crippen LogP contribution in [0.3, 0.4) is 0 Å². The van der Waals surface area contributed by atoms with Crippen molar-refractivity contribution in [1.29, 1.82) is 0 Å². The number of benzene rings is 2. The van der Waals surface area contributed by atoms with E-state index in [1.54, 1.807) is 30.3 Å². The molecule has 2 rings (SSSR count). The Kier molecular flexibility index (Phi) is 4.07. The zero-order chi connectivity index (χ0) is 13.0. The van der Waals surface area contributed by atoms with Crippen LogP contribution in [0.4, 0.5) is 0 Å². The maximum absolute atomic E-state index is 9.15. The number of phenols is 1. The van der Waals surface area contributed by atoms with Crippen LogP contribution in [0, 0.1) is 0 Å². The molecule has 0 fully saturated rings. The SMILES string of the molecule is NC(COc1ccc(O)cc1)c1cccc(Cl)c1. The van der Waals surface area contributed by atoms with Crippen LogP contribution >= 0.6 is 11.6 Å². The zero-order valence-electron chi connectivity index (χ0n) is 9.71. The molecule has 0 bridgehead atoms.